The maximum absolute atomic E-state index is 5.43. The highest BCUT2D eigenvalue weighted by Gasteiger charge is 2.08. The van der Waals surface area contributed by atoms with Gasteiger partial charge in [0.15, 0.2) is 0 Å². The van der Waals surface area contributed by atoms with Crippen LogP contribution < -0.4 is 0 Å². The molecule has 0 saturated carbocycles. The lowest BCUT2D eigenvalue weighted by Gasteiger charge is -2.10. The summed E-state index contributed by atoms with van der Waals surface area (Å²) in [4.78, 5) is 0. The van der Waals surface area contributed by atoms with Crippen LogP contribution in [0, 0.1) is 13.8 Å². The molecule has 0 atom stereocenters. The first kappa shape index (κ1) is 10.0. The van der Waals surface area contributed by atoms with Crippen LogP contribution in [0.5, 0.6) is 0 Å². The molecule has 2 aromatic rings. The van der Waals surface area contributed by atoms with Gasteiger partial charge in [0.2, 0.25) is 0 Å². The average Bonchev–Trinajstić information content (AvgIpc) is 2.75. The van der Waals surface area contributed by atoms with Crippen LogP contribution in [0.4, 0.5) is 0 Å². The Labute approximate surface area is 90.7 Å². The fraction of sp³-hybridized carbons (Fsp3) is 0.286. The van der Waals surface area contributed by atoms with E-state index in [4.69, 9.17) is 4.42 Å². The van der Waals surface area contributed by atoms with Crippen LogP contribution >= 0.6 is 0 Å². The van der Waals surface area contributed by atoms with Crippen molar-refractivity contribution < 1.29 is 4.42 Å². The van der Waals surface area contributed by atoms with E-state index in [0.717, 1.165) is 12.2 Å². The van der Waals surface area contributed by atoms with Gasteiger partial charge in [-0.1, -0.05) is 19.1 Å². The molecule has 0 bridgehead atoms. The van der Waals surface area contributed by atoms with Gasteiger partial charge in [0.1, 0.15) is 5.76 Å². The topological polar surface area (TPSA) is 13.1 Å². The molecule has 1 nitrogen and oxygen atoms in total. The van der Waals surface area contributed by atoms with Gasteiger partial charge < -0.3 is 4.42 Å². The second-order valence-corrected chi connectivity index (χ2v) is 3.85. The Morgan fingerprint density at radius 1 is 1.07 bits per heavy atom. The molecule has 1 heterocycles. The molecule has 0 amide bonds. The van der Waals surface area contributed by atoms with Gasteiger partial charge in [-0.3, -0.25) is 0 Å². The van der Waals surface area contributed by atoms with Crippen molar-refractivity contribution in [1.82, 2.24) is 0 Å². The van der Waals surface area contributed by atoms with Crippen LogP contribution in [-0.2, 0) is 6.42 Å². The smallest absolute Gasteiger partial charge is 0.134 e. The second kappa shape index (κ2) is 3.93. The summed E-state index contributed by atoms with van der Waals surface area (Å²) in [6, 6.07) is 8.28. The van der Waals surface area contributed by atoms with Crippen molar-refractivity contribution in [3.8, 4) is 11.3 Å². The first-order chi connectivity index (χ1) is 7.24. The SMILES string of the molecule is CCc1ccc(-c2ccco2)c(C)c1C. The highest BCUT2D eigenvalue weighted by Crippen LogP contribution is 2.27. The summed E-state index contributed by atoms with van der Waals surface area (Å²) >= 11 is 0. The summed E-state index contributed by atoms with van der Waals surface area (Å²) in [6.45, 7) is 6.53. The molecule has 1 aromatic heterocycles. The van der Waals surface area contributed by atoms with Crippen LogP contribution in [0.25, 0.3) is 11.3 Å². The molecule has 0 fully saturated rings. The van der Waals surface area contributed by atoms with Crippen molar-refractivity contribution >= 4 is 0 Å². The zero-order chi connectivity index (χ0) is 10.8. The third-order valence-corrected chi connectivity index (χ3v) is 3.07. The lowest BCUT2D eigenvalue weighted by Crippen LogP contribution is -1.92. The summed E-state index contributed by atoms with van der Waals surface area (Å²) in [7, 11) is 0. The van der Waals surface area contributed by atoms with E-state index in [2.05, 4.69) is 32.9 Å². The Balaban J connectivity index is 2.56. The second-order valence-electron chi connectivity index (χ2n) is 3.85. The van der Waals surface area contributed by atoms with Gasteiger partial charge in [-0.25, -0.2) is 0 Å². The van der Waals surface area contributed by atoms with Gasteiger partial charge in [-0.15, -0.1) is 0 Å². The summed E-state index contributed by atoms with van der Waals surface area (Å²) in [5.74, 6) is 0.957. The molecule has 0 aliphatic heterocycles. The maximum atomic E-state index is 5.43. The minimum Gasteiger partial charge on any atom is -0.464 e. The summed E-state index contributed by atoms with van der Waals surface area (Å²) in [5, 5.41) is 0. The zero-order valence-corrected chi connectivity index (χ0v) is 9.50. The number of rotatable bonds is 2. The minimum atomic E-state index is 0.957. The summed E-state index contributed by atoms with van der Waals surface area (Å²) < 4.78 is 5.43. The van der Waals surface area contributed by atoms with E-state index in [1.54, 1.807) is 6.26 Å². The lowest BCUT2D eigenvalue weighted by atomic mass is 9.95. The number of hydrogen-bond acceptors (Lipinski definition) is 1. The Kier molecular flexibility index (Phi) is 2.63. The first-order valence-corrected chi connectivity index (χ1v) is 5.37. The van der Waals surface area contributed by atoms with Crippen molar-refractivity contribution in [2.24, 2.45) is 0 Å². The Morgan fingerprint density at radius 3 is 2.47 bits per heavy atom. The van der Waals surface area contributed by atoms with E-state index in [0.29, 0.717) is 0 Å². The largest absolute Gasteiger partial charge is 0.464 e. The molecule has 1 aromatic carbocycles. The van der Waals surface area contributed by atoms with Crippen molar-refractivity contribution in [2.75, 3.05) is 0 Å². The summed E-state index contributed by atoms with van der Waals surface area (Å²) in [6.07, 6.45) is 2.81. The normalized spacial score (nSPS) is 10.6. The third-order valence-electron chi connectivity index (χ3n) is 3.07. The van der Waals surface area contributed by atoms with Crippen LogP contribution in [-0.4, -0.2) is 0 Å². The van der Waals surface area contributed by atoms with Gasteiger partial charge in [0, 0.05) is 5.56 Å². The van der Waals surface area contributed by atoms with Gasteiger partial charge in [0.05, 0.1) is 6.26 Å². The molecule has 0 radical (unpaired) electrons. The molecule has 2 rings (SSSR count). The molecular formula is C14H16O. The fourth-order valence-electron chi connectivity index (χ4n) is 1.96. The molecular weight excluding hydrogens is 184 g/mol. The number of hydrogen-bond donors (Lipinski definition) is 0. The van der Waals surface area contributed by atoms with Gasteiger partial charge >= 0.3 is 0 Å². The fourth-order valence-corrected chi connectivity index (χ4v) is 1.96. The van der Waals surface area contributed by atoms with Crippen molar-refractivity contribution in [2.45, 2.75) is 27.2 Å². The monoisotopic (exact) mass is 200 g/mol. The number of furan rings is 1. The van der Waals surface area contributed by atoms with Crippen molar-refractivity contribution in [3.63, 3.8) is 0 Å². The zero-order valence-electron chi connectivity index (χ0n) is 9.50. The molecule has 78 valence electrons. The van der Waals surface area contributed by atoms with E-state index >= 15 is 0 Å². The quantitative estimate of drug-likeness (QED) is 0.710. The van der Waals surface area contributed by atoms with E-state index in [1.165, 1.54) is 22.3 Å². The molecule has 1 heteroatoms. The molecule has 0 N–H and O–H groups in total. The predicted molar refractivity (Wildman–Crippen MR) is 63.0 cm³/mol. The van der Waals surface area contributed by atoms with Gasteiger partial charge in [0.25, 0.3) is 0 Å². The Bertz CT molecular complexity index is 452. The molecule has 15 heavy (non-hydrogen) atoms. The van der Waals surface area contributed by atoms with E-state index < -0.39 is 0 Å². The molecule has 0 saturated heterocycles. The number of aryl methyl sites for hydroxylation is 1. The highest BCUT2D eigenvalue weighted by molar-refractivity contribution is 5.64. The third kappa shape index (κ3) is 1.70. The Hall–Kier alpha value is -1.50. The predicted octanol–water partition coefficient (Wildman–Crippen LogP) is 4.13. The molecule has 0 aliphatic rings. The number of benzene rings is 1. The maximum Gasteiger partial charge on any atom is 0.134 e. The van der Waals surface area contributed by atoms with Crippen molar-refractivity contribution in [1.29, 1.82) is 0 Å². The van der Waals surface area contributed by atoms with E-state index in [1.807, 2.05) is 12.1 Å². The Morgan fingerprint density at radius 2 is 1.87 bits per heavy atom. The van der Waals surface area contributed by atoms with E-state index in [-0.39, 0.29) is 0 Å². The molecule has 0 spiro atoms. The first-order valence-electron chi connectivity index (χ1n) is 5.37. The van der Waals surface area contributed by atoms with Crippen LogP contribution in [0.3, 0.4) is 0 Å². The van der Waals surface area contributed by atoms with Crippen LogP contribution in [0.2, 0.25) is 0 Å². The van der Waals surface area contributed by atoms with Gasteiger partial charge in [-0.05, 0) is 49.1 Å². The molecule has 0 unspecified atom stereocenters. The lowest BCUT2D eigenvalue weighted by molar-refractivity contribution is 0.582. The standard InChI is InChI=1S/C14H16O/c1-4-12-7-8-13(11(3)10(12)2)14-6-5-9-15-14/h5-9H,4H2,1-3H3. The average molecular weight is 200 g/mol. The van der Waals surface area contributed by atoms with Crippen molar-refractivity contribution in [3.05, 3.63) is 47.2 Å². The minimum absolute atomic E-state index is 0.957. The van der Waals surface area contributed by atoms with E-state index in [9.17, 15) is 0 Å². The highest BCUT2D eigenvalue weighted by atomic mass is 16.3. The summed E-state index contributed by atoms with van der Waals surface area (Å²) in [5.41, 5.74) is 5.33. The van der Waals surface area contributed by atoms with Crippen LogP contribution in [0.15, 0.2) is 34.9 Å². The van der Waals surface area contributed by atoms with Crippen LogP contribution in [0.1, 0.15) is 23.6 Å². The molecule has 0 aliphatic carbocycles. The van der Waals surface area contributed by atoms with Gasteiger partial charge in [-0.2, -0.15) is 0 Å².